The summed E-state index contributed by atoms with van der Waals surface area (Å²) < 4.78 is 6.01. The Labute approximate surface area is 107 Å². The van der Waals surface area contributed by atoms with Crippen molar-refractivity contribution in [3.63, 3.8) is 0 Å². The Balaban J connectivity index is 1.82. The van der Waals surface area contributed by atoms with E-state index >= 15 is 0 Å². The van der Waals surface area contributed by atoms with E-state index in [1.165, 1.54) is 45.1 Å². The molecule has 2 nitrogen and oxygen atoms in total. The molecule has 1 saturated carbocycles. The molecule has 1 saturated heterocycles. The Morgan fingerprint density at radius 3 is 2.53 bits per heavy atom. The Morgan fingerprint density at radius 1 is 1.24 bits per heavy atom. The van der Waals surface area contributed by atoms with Gasteiger partial charge in [0.1, 0.15) is 0 Å². The van der Waals surface area contributed by atoms with Gasteiger partial charge >= 0.3 is 0 Å². The van der Waals surface area contributed by atoms with Gasteiger partial charge in [-0.1, -0.05) is 13.8 Å². The lowest BCUT2D eigenvalue weighted by Crippen LogP contribution is -2.37. The molecule has 2 fully saturated rings. The van der Waals surface area contributed by atoms with Gasteiger partial charge in [0.05, 0.1) is 12.2 Å². The molecule has 1 N–H and O–H groups in total. The fourth-order valence-electron chi connectivity index (χ4n) is 3.27. The van der Waals surface area contributed by atoms with Crippen molar-refractivity contribution in [1.29, 1.82) is 0 Å². The van der Waals surface area contributed by atoms with Crippen molar-refractivity contribution >= 4 is 0 Å². The maximum Gasteiger partial charge on any atom is 0.0585 e. The van der Waals surface area contributed by atoms with Crippen LogP contribution in [0.2, 0.25) is 0 Å². The van der Waals surface area contributed by atoms with Crippen LogP contribution in [0.1, 0.15) is 59.3 Å². The van der Waals surface area contributed by atoms with Crippen molar-refractivity contribution in [2.45, 2.75) is 71.5 Å². The smallest absolute Gasteiger partial charge is 0.0585 e. The van der Waals surface area contributed by atoms with Gasteiger partial charge in [-0.25, -0.2) is 0 Å². The van der Waals surface area contributed by atoms with E-state index in [1.807, 2.05) is 0 Å². The van der Waals surface area contributed by atoms with Crippen LogP contribution < -0.4 is 5.32 Å². The van der Waals surface area contributed by atoms with E-state index in [0.717, 1.165) is 12.5 Å². The molecule has 0 radical (unpaired) electrons. The van der Waals surface area contributed by atoms with Gasteiger partial charge in [-0.05, 0) is 63.3 Å². The fourth-order valence-corrected chi connectivity index (χ4v) is 3.27. The second-order valence-electron chi connectivity index (χ2n) is 6.46. The Morgan fingerprint density at radius 2 is 2.00 bits per heavy atom. The molecule has 3 unspecified atom stereocenters. The number of ether oxygens (including phenoxy) is 1. The molecule has 1 aliphatic heterocycles. The second kappa shape index (κ2) is 5.71. The third-order valence-corrected chi connectivity index (χ3v) is 4.53. The van der Waals surface area contributed by atoms with Crippen LogP contribution >= 0.6 is 0 Å². The fraction of sp³-hybridized carbons (Fsp3) is 1.00. The summed E-state index contributed by atoms with van der Waals surface area (Å²) in [6.07, 6.45) is 8.92. The van der Waals surface area contributed by atoms with Gasteiger partial charge < -0.3 is 10.1 Å². The summed E-state index contributed by atoms with van der Waals surface area (Å²) in [5.74, 6) is 0.950. The van der Waals surface area contributed by atoms with Crippen molar-refractivity contribution < 1.29 is 4.74 Å². The highest BCUT2D eigenvalue weighted by Crippen LogP contribution is 2.49. The highest BCUT2D eigenvalue weighted by atomic mass is 16.5. The van der Waals surface area contributed by atoms with E-state index in [9.17, 15) is 0 Å². The molecule has 0 amide bonds. The number of hydrogen-bond donors (Lipinski definition) is 1. The van der Waals surface area contributed by atoms with Crippen LogP contribution in [0.3, 0.4) is 0 Å². The minimum atomic E-state index is 0.476. The maximum absolute atomic E-state index is 6.01. The predicted molar refractivity (Wildman–Crippen MR) is 72.2 cm³/mol. The highest BCUT2D eigenvalue weighted by molar-refractivity contribution is 4.95. The van der Waals surface area contributed by atoms with E-state index in [-0.39, 0.29) is 0 Å². The van der Waals surface area contributed by atoms with Crippen LogP contribution in [0.25, 0.3) is 0 Å². The Hall–Kier alpha value is -0.0800. The first-order valence-electron chi connectivity index (χ1n) is 7.50. The molecule has 0 aromatic rings. The van der Waals surface area contributed by atoms with Crippen molar-refractivity contribution in [3.05, 3.63) is 0 Å². The van der Waals surface area contributed by atoms with Gasteiger partial charge in [-0.2, -0.15) is 0 Å². The molecule has 2 aliphatic rings. The van der Waals surface area contributed by atoms with E-state index < -0.39 is 0 Å². The lowest BCUT2D eigenvalue weighted by atomic mass is 9.79. The van der Waals surface area contributed by atoms with Gasteiger partial charge in [0, 0.05) is 6.54 Å². The minimum absolute atomic E-state index is 0.476. The molecule has 100 valence electrons. The zero-order valence-corrected chi connectivity index (χ0v) is 11.8. The molecule has 17 heavy (non-hydrogen) atoms. The largest absolute Gasteiger partial charge is 0.375 e. The van der Waals surface area contributed by atoms with Gasteiger partial charge in [0.15, 0.2) is 0 Å². The first kappa shape index (κ1) is 13.4. The molecule has 0 bridgehead atoms. The maximum atomic E-state index is 6.01. The zero-order chi connectivity index (χ0) is 12.3. The predicted octanol–water partition coefficient (Wildman–Crippen LogP) is 3.36. The number of nitrogens with one attached hydrogen (secondary N) is 1. The molecule has 1 heterocycles. The van der Waals surface area contributed by atoms with Crippen LogP contribution in [0.4, 0.5) is 0 Å². The molecule has 0 spiro atoms. The van der Waals surface area contributed by atoms with E-state index in [4.69, 9.17) is 4.74 Å². The molecule has 0 aromatic heterocycles. The average Bonchev–Trinajstić information content (AvgIpc) is 3.05. The zero-order valence-electron chi connectivity index (χ0n) is 11.8. The van der Waals surface area contributed by atoms with Crippen molar-refractivity contribution in [2.24, 2.45) is 11.3 Å². The quantitative estimate of drug-likeness (QED) is 0.688. The average molecular weight is 239 g/mol. The standard InChI is InChI=1S/C15H29NO/c1-4-9-16-11-15(3,13-6-7-13)10-14-8-5-12(2)17-14/h12-14,16H,4-11H2,1-3H3. The third-order valence-electron chi connectivity index (χ3n) is 4.53. The number of rotatable bonds is 7. The van der Waals surface area contributed by atoms with Crippen molar-refractivity contribution in [2.75, 3.05) is 13.1 Å². The lowest BCUT2D eigenvalue weighted by Gasteiger charge is -2.32. The highest BCUT2D eigenvalue weighted by Gasteiger charge is 2.43. The molecule has 0 aromatic carbocycles. The molecule has 2 heteroatoms. The van der Waals surface area contributed by atoms with Gasteiger partial charge in [0.2, 0.25) is 0 Å². The lowest BCUT2D eigenvalue weighted by molar-refractivity contribution is 0.0199. The summed E-state index contributed by atoms with van der Waals surface area (Å²) in [6, 6.07) is 0. The summed E-state index contributed by atoms with van der Waals surface area (Å²) in [6.45, 7) is 9.26. The van der Waals surface area contributed by atoms with E-state index in [0.29, 0.717) is 17.6 Å². The Bertz CT molecular complexity index is 239. The normalized spacial score (nSPS) is 32.6. The monoisotopic (exact) mass is 239 g/mol. The first-order valence-corrected chi connectivity index (χ1v) is 7.50. The summed E-state index contributed by atoms with van der Waals surface area (Å²) in [5.41, 5.74) is 0.476. The van der Waals surface area contributed by atoms with Crippen LogP contribution in [-0.4, -0.2) is 25.3 Å². The van der Waals surface area contributed by atoms with Gasteiger partial charge in [0.25, 0.3) is 0 Å². The second-order valence-corrected chi connectivity index (χ2v) is 6.46. The Kier molecular flexibility index (Phi) is 4.48. The summed E-state index contributed by atoms with van der Waals surface area (Å²) in [4.78, 5) is 0. The van der Waals surface area contributed by atoms with Crippen molar-refractivity contribution in [1.82, 2.24) is 5.32 Å². The van der Waals surface area contributed by atoms with E-state index in [2.05, 4.69) is 26.1 Å². The molecule has 2 rings (SSSR count). The van der Waals surface area contributed by atoms with Gasteiger partial charge in [-0.15, -0.1) is 0 Å². The van der Waals surface area contributed by atoms with Crippen LogP contribution in [0.5, 0.6) is 0 Å². The summed E-state index contributed by atoms with van der Waals surface area (Å²) in [5, 5.41) is 3.63. The van der Waals surface area contributed by atoms with E-state index in [1.54, 1.807) is 0 Å². The summed E-state index contributed by atoms with van der Waals surface area (Å²) >= 11 is 0. The van der Waals surface area contributed by atoms with Crippen LogP contribution in [-0.2, 0) is 4.74 Å². The SMILES string of the molecule is CCCNCC(C)(CC1CCC(C)O1)C1CC1. The minimum Gasteiger partial charge on any atom is -0.375 e. The first-order chi connectivity index (χ1) is 8.14. The van der Waals surface area contributed by atoms with Crippen molar-refractivity contribution in [3.8, 4) is 0 Å². The molecular formula is C15H29NO. The topological polar surface area (TPSA) is 21.3 Å². The molecular weight excluding hydrogens is 210 g/mol. The molecule has 1 aliphatic carbocycles. The molecule has 3 atom stereocenters. The summed E-state index contributed by atoms with van der Waals surface area (Å²) in [7, 11) is 0. The van der Waals surface area contributed by atoms with Crippen LogP contribution in [0.15, 0.2) is 0 Å². The van der Waals surface area contributed by atoms with Crippen LogP contribution in [0, 0.1) is 11.3 Å². The van der Waals surface area contributed by atoms with Gasteiger partial charge in [-0.3, -0.25) is 0 Å². The third kappa shape index (κ3) is 3.69. The number of hydrogen-bond acceptors (Lipinski definition) is 2.